The Kier molecular flexibility index (Phi) is 5.88. The first-order chi connectivity index (χ1) is 15.0. The minimum atomic E-state index is -3.69. The Bertz CT molecular complexity index is 1050. The van der Waals surface area contributed by atoms with E-state index >= 15 is 0 Å². The van der Waals surface area contributed by atoms with Gasteiger partial charge in [-0.05, 0) is 17.7 Å². The van der Waals surface area contributed by atoms with Crippen molar-refractivity contribution in [1.82, 2.24) is 0 Å². The number of hydrogen-bond donors (Lipinski definition) is 2. The molecule has 0 radical (unpaired) electrons. The number of methoxy groups -OCH3 is 1. The molecular formula is C22H23O8P. The molecule has 0 amide bonds. The van der Waals surface area contributed by atoms with E-state index in [1.807, 2.05) is 24.3 Å². The van der Waals surface area contributed by atoms with Gasteiger partial charge in [-0.2, -0.15) is 0 Å². The maximum absolute atomic E-state index is 14.4. The van der Waals surface area contributed by atoms with Gasteiger partial charge in [0, 0.05) is 11.5 Å². The van der Waals surface area contributed by atoms with E-state index < -0.39 is 49.3 Å². The van der Waals surface area contributed by atoms with Crippen molar-refractivity contribution in [2.24, 2.45) is 17.8 Å². The van der Waals surface area contributed by atoms with Crippen LogP contribution < -0.4 is 9.83 Å². The van der Waals surface area contributed by atoms with Crippen LogP contribution in [0, 0.1) is 17.8 Å². The average Bonchev–Trinajstić information content (AvgIpc) is 3.54. The fourth-order valence-corrected chi connectivity index (χ4v) is 7.75. The second kappa shape index (κ2) is 8.46. The lowest BCUT2D eigenvalue weighted by molar-refractivity contribution is -0.149. The van der Waals surface area contributed by atoms with E-state index in [-0.39, 0.29) is 13.2 Å². The van der Waals surface area contributed by atoms with Crippen molar-refractivity contribution in [3.63, 3.8) is 0 Å². The fraction of sp³-hybridized carbons (Fsp3) is 0.364. The van der Waals surface area contributed by atoms with Crippen LogP contribution in [0.25, 0.3) is 11.1 Å². The average molecular weight is 446 g/mol. The number of carbonyl (C=O) groups is 2. The molecule has 0 bridgehead atoms. The predicted octanol–water partition coefficient (Wildman–Crippen LogP) is 1.58. The van der Waals surface area contributed by atoms with E-state index in [4.69, 9.17) is 19.1 Å². The topological polar surface area (TPSA) is 119 Å². The molecule has 5 unspecified atom stereocenters. The van der Waals surface area contributed by atoms with Gasteiger partial charge < -0.3 is 24.2 Å². The van der Waals surface area contributed by atoms with Crippen LogP contribution in [0.3, 0.4) is 0 Å². The molecule has 2 aliphatic rings. The van der Waals surface area contributed by atoms with Gasteiger partial charge in [0.25, 0.3) is 7.37 Å². The highest BCUT2D eigenvalue weighted by molar-refractivity contribution is 7.69. The van der Waals surface area contributed by atoms with Crippen molar-refractivity contribution in [3.8, 4) is 16.9 Å². The molecule has 0 aromatic heterocycles. The van der Waals surface area contributed by atoms with Gasteiger partial charge in [0.05, 0.1) is 43.1 Å². The maximum Gasteiger partial charge on any atom is 0.311 e. The van der Waals surface area contributed by atoms with E-state index in [9.17, 15) is 19.3 Å². The third kappa shape index (κ3) is 3.55. The molecule has 1 aliphatic heterocycles. The number of para-hydroxylation sites is 1. The Balaban J connectivity index is 1.79. The summed E-state index contributed by atoms with van der Waals surface area (Å²) in [6, 6.07) is 14.3. The molecule has 4 rings (SSSR count). The Morgan fingerprint density at radius 2 is 1.77 bits per heavy atom. The highest BCUT2D eigenvalue weighted by Gasteiger charge is 2.70. The van der Waals surface area contributed by atoms with E-state index in [0.29, 0.717) is 11.1 Å². The van der Waals surface area contributed by atoms with E-state index in [1.165, 1.54) is 7.11 Å². The summed E-state index contributed by atoms with van der Waals surface area (Å²) >= 11 is 0. The Labute approximate surface area is 179 Å². The number of fused-ring (bicyclic) bond motifs is 3. The van der Waals surface area contributed by atoms with Crippen LogP contribution in [0.1, 0.15) is 0 Å². The lowest BCUT2D eigenvalue weighted by atomic mass is 10.0. The van der Waals surface area contributed by atoms with Gasteiger partial charge in [-0.1, -0.05) is 36.4 Å². The molecule has 2 N–H and O–H groups in total. The van der Waals surface area contributed by atoms with Crippen molar-refractivity contribution in [2.75, 3.05) is 26.9 Å². The molecule has 31 heavy (non-hydrogen) atoms. The molecule has 5 atom stereocenters. The monoisotopic (exact) mass is 446 g/mol. The zero-order chi connectivity index (χ0) is 22.2. The first kappa shape index (κ1) is 21.6. The Morgan fingerprint density at radius 3 is 2.45 bits per heavy atom. The number of esters is 2. The number of rotatable bonds is 7. The minimum Gasteiger partial charge on any atom is -0.469 e. The number of ether oxygens (including phenoxy) is 2. The molecule has 1 fully saturated rings. The maximum atomic E-state index is 14.4. The van der Waals surface area contributed by atoms with Crippen LogP contribution >= 0.6 is 7.37 Å². The van der Waals surface area contributed by atoms with Crippen LogP contribution in [-0.4, -0.2) is 54.7 Å². The number of aliphatic hydroxyl groups excluding tert-OH is 2. The quantitative estimate of drug-likeness (QED) is 0.486. The molecule has 8 nitrogen and oxygen atoms in total. The molecule has 1 heterocycles. The normalized spacial score (nSPS) is 26.6. The van der Waals surface area contributed by atoms with Crippen molar-refractivity contribution in [1.29, 1.82) is 0 Å². The van der Waals surface area contributed by atoms with E-state index in [2.05, 4.69) is 0 Å². The molecule has 2 aromatic carbocycles. The third-order valence-electron chi connectivity index (χ3n) is 5.85. The van der Waals surface area contributed by atoms with Crippen LogP contribution in [0.15, 0.2) is 48.5 Å². The molecule has 0 saturated heterocycles. The molecule has 0 spiro atoms. The summed E-state index contributed by atoms with van der Waals surface area (Å²) in [6.45, 7) is -1.16. The lowest BCUT2D eigenvalue weighted by Crippen LogP contribution is -2.26. The summed E-state index contributed by atoms with van der Waals surface area (Å²) in [5, 5.41) is 19.3. The summed E-state index contributed by atoms with van der Waals surface area (Å²) in [6.07, 6.45) is 0. The van der Waals surface area contributed by atoms with Gasteiger partial charge in [0.1, 0.15) is 12.4 Å². The first-order valence-corrected chi connectivity index (χ1v) is 11.6. The summed E-state index contributed by atoms with van der Waals surface area (Å²) in [7, 11) is -2.51. The summed E-state index contributed by atoms with van der Waals surface area (Å²) in [5.74, 6) is -3.75. The first-order valence-electron chi connectivity index (χ1n) is 9.92. The highest BCUT2D eigenvalue weighted by atomic mass is 31.2. The number of hydrogen-bond acceptors (Lipinski definition) is 8. The second-order valence-electron chi connectivity index (χ2n) is 7.50. The molecule has 9 heteroatoms. The number of benzene rings is 2. The number of aliphatic hydroxyl groups is 2. The van der Waals surface area contributed by atoms with Gasteiger partial charge >= 0.3 is 11.9 Å². The van der Waals surface area contributed by atoms with E-state index in [0.717, 1.165) is 11.1 Å². The summed E-state index contributed by atoms with van der Waals surface area (Å²) < 4.78 is 30.3. The smallest absolute Gasteiger partial charge is 0.311 e. The van der Waals surface area contributed by atoms with Gasteiger partial charge in [-0.25, -0.2) is 0 Å². The second-order valence-corrected chi connectivity index (χ2v) is 9.95. The Morgan fingerprint density at radius 1 is 1.10 bits per heavy atom. The highest BCUT2D eigenvalue weighted by Crippen LogP contribution is 2.71. The van der Waals surface area contributed by atoms with Gasteiger partial charge in [0.2, 0.25) is 0 Å². The molecule has 2 aromatic rings. The molecular weight excluding hydrogens is 423 g/mol. The van der Waals surface area contributed by atoms with E-state index in [1.54, 1.807) is 24.3 Å². The van der Waals surface area contributed by atoms with Gasteiger partial charge in [0.15, 0.2) is 0 Å². The van der Waals surface area contributed by atoms with Crippen molar-refractivity contribution in [3.05, 3.63) is 48.5 Å². The number of carbonyl (C=O) groups excluding carboxylic acids is 2. The zero-order valence-corrected chi connectivity index (χ0v) is 17.7. The third-order valence-corrected chi connectivity index (χ3v) is 8.83. The molecule has 1 saturated carbocycles. The van der Waals surface area contributed by atoms with Gasteiger partial charge in [-0.15, -0.1) is 0 Å². The lowest BCUT2D eigenvalue weighted by Gasteiger charge is -2.29. The van der Waals surface area contributed by atoms with Gasteiger partial charge in [-0.3, -0.25) is 14.2 Å². The Hall–Kier alpha value is -2.67. The molecule has 1 aliphatic carbocycles. The predicted molar refractivity (Wildman–Crippen MR) is 111 cm³/mol. The SMILES string of the molecule is COC(=O)C(CO)C1C(C(=O)OCCO)C1P1(=O)Oc2ccccc2-c2ccccc21. The minimum absolute atomic E-state index is 0.221. The van der Waals surface area contributed by atoms with Crippen molar-refractivity contribution in [2.45, 2.75) is 5.66 Å². The van der Waals surface area contributed by atoms with Crippen LogP contribution in [0.4, 0.5) is 0 Å². The fourth-order valence-electron chi connectivity index (χ4n) is 4.45. The van der Waals surface area contributed by atoms with Crippen LogP contribution in [0.5, 0.6) is 5.75 Å². The van der Waals surface area contributed by atoms with Crippen LogP contribution in [0.2, 0.25) is 0 Å². The van der Waals surface area contributed by atoms with Crippen LogP contribution in [-0.2, 0) is 23.6 Å². The van der Waals surface area contributed by atoms with Crippen molar-refractivity contribution < 1.29 is 38.4 Å². The summed E-state index contributed by atoms with van der Waals surface area (Å²) in [4.78, 5) is 25.0. The standard InChI is InChI=1S/C22H23O8P/c1-28-21(25)15(12-24)18-19(22(26)29-11-10-23)20(18)31(27)17-9-5-3-7-14(17)13-6-2-4-8-16(13)30-31/h2-9,15,18-20,23-24H,10-12H2,1H3. The summed E-state index contributed by atoms with van der Waals surface area (Å²) in [5.41, 5.74) is 0.650. The zero-order valence-electron chi connectivity index (χ0n) is 16.8. The molecule has 164 valence electrons. The largest absolute Gasteiger partial charge is 0.469 e. The van der Waals surface area contributed by atoms with Crippen molar-refractivity contribution >= 4 is 24.6 Å².